The van der Waals surface area contributed by atoms with Gasteiger partial charge in [-0.2, -0.15) is 0 Å². The zero-order valence-electron chi connectivity index (χ0n) is 10.3. The van der Waals surface area contributed by atoms with Gasteiger partial charge < -0.3 is 5.73 Å². The molecule has 1 heterocycles. The second kappa shape index (κ2) is 4.48. The average Bonchev–Trinajstić information content (AvgIpc) is 2.81. The van der Waals surface area contributed by atoms with Crippen LogP contribution in [0.4, 0.5) is 0 Å². The molecule has 0 saturated heterocycles. The van der Waals surface area contributed by atoms with Crippen molar-refractivity contribution in [1.29, 1.82) is 0 Å². The molecule has 0 atom stereocenters. The molecular formula is C15H17NOS. The van der Waals surface area contributed by atoms with Gasteiger partial charge in [0.15, 0.2) is 5.78 Å². The van der Waals surface area contributed by atoms with E-state index < -0.39 is 0 Å². The molecule has 1 aliphatic carbocycles. The normalized spacial score (nSPS) is 17.6. The Morgan fingerprint density at radius 1 is 1.33 bits per heavy atom. The minimum Gasteiger partial charge on any atom is -0.330 e. The lowest BCUT2D eigenvalue weighted by Gasteiger charge is -2.40. The number of thiophene rings is 1. The van der Waals surface area contributed by atoms with Gasteiger partial charge in [-0.25, -0.2) is 0 Å². The number of fused-ring (bicyclic) bond motifs is 1. The number of nitrogens with two attached hydrogens (primary N) is 1. The lowest BCUT2D eigenvalue weighted by Crippen LogP contribution is -2.39. The lowest BCUT2D eigenvalue weighted by molar-refractivity contribution is 0.0788. The van der Waals surface area contributed by atoms with E-state index in [4.69, 9.17) is 5.73 Å². The van der Waals surface area contributed by atoms with Gasteiger partial charge in [0.25, 0.3) is 0 Å². The Bertz CT molecular complexity index is 577. The molecule has 0 radical (unpaired) electrons. The molecule has 2 aromatic rings. The predicted octanol–water partition coefficient (Wildman–Crippen LogP) is 3.60. The molecule has 1 fully saturated rings. The molecule has 0 spiro atoms. The molecule has 3 rings (SSSR count). The Morgan fingerprint density at radius 2 is 2.17 bits per heavy atom. The second-order valence-corrected chi connectivity index (χ2v) is 6.22. The van der Waals surface area contributed by atoms with E-state index in [0.29, 0.717) is 13.0 Å². The fraction of sp³-hybridized carbons (Fsp3) is 0.400. The molecule has 0 amide bonds. The quantitative estimate of drug-likeness (QED) is 0.852. The van der Waals surface area contributed by atoms with E-state index in [-0.39, 0.29) is 11.2 Å². The highest BCUT2D eigenvalue weighted by Gasteiger charge is 2.37. The number of carbonyl (C=O) groups excluding carboxylic acids is 1. The first-order valence-corrected chi connectivity index (χ1v) is 7.32. The highest BCUT2D eigenvalue weighted by molar-refractivity contribution is 7.17. The standard InChI is InChI=1S/C15H17NOS/c16-10-15(6-2-7-15)9-13(17)12-4-1-3-11-5-8-18-14(11)12/h1,3-5,8H,2,6-7,9-10,16H2. The van der Waals surface area contributed by atoms with E-state index in [1.54, 1.807) is 11.3 Å². The zero-order chi connectivity index (χ0) is 12.6. The number of Topliss-reactive ketones (excluding diaryl/α,β-unsaturated/α-hetero) is 1. The highest BCUT2D eigenvalue weighted by atomic mass is 32.1. The van der Waals surface area contributed by atoms with E-state index in [1.165, 1.54) is 11.8 Å². The summed E-state index contributed by atoms with van der Waals surface area (Å²) in [7, 11) is 0. The molecule has 1 aliphatic rings. The van der Waals surface area contributed by atoms with Crippen LogP contribution in [-0.2, 0) is 0 Å². The van der Waals surface area contributed by atoms with Crippen LogP contribution in [0.25, 0.3) is 10.1 Å². The highest BCUT2D eigenvalue weighted by Crippen LogP contribution is 2.44. The van der Waals surface area contributed by atoms with Crippen LogP contribution < -0.4 is 5.73 Å². The van der Waals surface area contributed by atoms with Gasteiger partial charge >= 0.3 is 0 Å². The predicted molar refractivity (Wildman–Crippen MR) is 76.1 cm³/mol. The average molecular weight is 259 g/mol. The minimum atomic E-state index is 0.0938. The number of hydrogen-bond acceptors (Lipinski definition) is 3. The van der Waals surface area contributed by atoms with E-state index in [0.717, 1.165) is 23.1 Å². The van der Waals surface area contributed by atoms with Gasteiger partial charge in [-0.3, -0.25) is 4.79 Å². The van der Waals surface area contributed by atoms with Crippen LogP contribution in [0.3, 0.4) is 0 Å². The molecule has 1 saturated carbocycles. The van der Waals surface area contributed by atoms with Gasteiger partial charge in [0.2, 0.25) is 0 Å². The fourth-order valence-corrected chi connectivity index (χ4v) is 3.71. The third-order valence-electron chi connectivity index (χ3n) is 4.16. The monoisotopic (exact) mass is 259 g/mol. The van der Waals surface area contributed by atoms with Crippen LogP contribution in [0.2, 0.25) is 0 Å². The van der Waals surface area contributed by atoms with Crippen molar-refractivity contribution in [1.82, 2.24) is 0 Å². The molecule has 2 nitrogen and oxygen atoms in total. The number of carbonyl (C=O) groups is 1. The SMILES string of the molecule is NCC1(CC(=O)c2cccc3ccsc23)CCC1. The first-order chi connectivity index (χ1) is 8.74. The van der Waals surface area contributed by atoms with Gasteiger partial charge in [-0.1, -0.05) is 18.6 Å². The molecule has 3 heteroatoms. The van der Waals surface area contributed by atoms with Gasteiger partial charge in [-0.05, 0) is 47.7 Å². The van der Waals surface area contributed by atoms with E-state index in [9.17, 15) is 4.79 Å². The van der Waals surface area contributed by atoms with Crippen LogP contribution in [0.1, 0.15) is 36.0 Å². The second-order valence-electron chi connectivity index (χ2n) is 5.30. The molecule has 0 unspecified atom stereocenters. The third kappa shape index (κ3) is 1.88. The van der Waals surface area contributed by atoms with Crippen LogP contribution in [0.5, 0.6) is 0 Å². The molecule has 94 valence electrons. The summed E-state index contributed by atoms with van der Waals surface area (Å²) in [5, 5.41) is 3.21. The zero-order valence-corrected chi connectivity index (χ0v) is 11.1. The molecule has 0 aliphatic heterocycles. The molecule has 2 N–H and O–H groups in total. The van der Waals surface area contributed by atoms with Gasteiger partial charge in [0.05, 0.1) is 0 Å². The van der Waals surface area contributed by atoms with Crippen LogP contribution in [0, 0.1) is 5.41 Å². The number of rotatable bonds is 4. The van der Waals surface area contributed by atoms with Crippen LogP contribution in [0.15, 0.2) is 29.6 Å². The molecule has 1 aromatic heterocycles. The van der Waals surface area contributed by atoms with E-state index in [1.807, 2.05) is 17.5 Å². The maximum atomic E-state index is 12.5. The van der Waals surface area contributed by atoms with Crippen molar-refractivity contribution in [3.8, 4) is 0 Å². The lowest BCUT2D eigenvalue weighted by atomic mass is 9.65. The first-order valence-electron chi connectivity index (χ1n) is 6.44. The summed E-state index contributed by atoms with van der Waals surface area (Å²) in [6.45, 7) is 0.638. The molecular weight excluding hydrogens is 242 g/mol. The molecule has 0 bridgehead atoms. The van der Waals surface area contributed by atoms with Crippen molar-refractivity contribution in [3.05, 3.63) is 35.2 Å². The van der Waals surface area contributed by atoms with Crippen molar-refractivity contribution >= 4 is 27.2 Å². The summed E-state index contributed by atoms with van der Waals surface area (Å²) in [4.78, 5) is 12.5. The van der Waals surface area contributed by atoms with Gasteiger partial charge in [0, 0.05) is 16.7 Å². The van der Waals surface area contributed by atoms with E-state index >= 15 is 0 Å². The molecule has 18 heavy (non-hydrogen) atoms. The molecule has 1 aromatic carbocycles. The Labute approximate surface area is 111 Å². The Hall–Kier alpha value is -1.19. The topological polar surface area (TPSA) is 43.1 Å². The van der Waals surface area contributed by atoms with Crippen LogP contribution >= 0.6 is 11.3 Å². The maximum Gasteiger partial charge on any atom is 0.164 e. The number of hydrogen-bond donors (Lipinski definition) is 1. The number of benzene rings is 1. The van der Waals surface area contributed by atoms with Crippen molar-refractivity contribution in [2.45, 2.75) is 25.7 Å². The van der Waals surface area contributed by atoms with Crippen molar-refractivity contribution in [3.63, 3.8) is 0 Å². The fourth-order valence-electron chi connectivity index (χ4n) is 2.78. The van der Waals surface area contributed by atoms with Gasteiger partial charge in [0.1, 0.15) is 0 Å². The third-order valence-corrected chi connectivity index (χ3v) is 5.13. The summed E-state index contributed by atoms with van der Waals surface area (Å²) in [5.41, 5.74) is 6.81. The Morgan fingerprint density at radius 3 is 2.83 bits per heavy atom. The van der Waals surface area contributed by atoms with Crippen LogP contribution in [-0.4, -0.2) is 12.3 Å². The maximum absolute atomic E-state index is 12.5. The summed E-state index contributed by atoms with van der Waals surface area (Å²) in [6.07, 6.45) is 4.04. The smallest absolute Gasteiger partial charge is 0.164 e. The number of ketones is 1. The van der Waals surface area contributed by atoms with Crippen molar-refractivity contribution in [2.24, 2.45) is 11.1 Å². The summed E-state index contributed by atoms with van der Waals surface area (Å²) in [6, 6.07) is 8.05. The Kier molecular flexibility index (Phi) is 2.96. The van der Waals surface area contributed by atoms with Crippen molar-refractivity contribution < 1.29 is 4.79 Å². The summed E-state index contributed by atoms with van der Waals surface area (Å²) in [5.74, 6) is 0.258. The largest absolute Gasteiger partial charge is 0.330 e. The summed E-state index contributed by atoms with van der Waals surface area (Å²) >= 11 is 1.65. The van der Waals surface area contributed by atoms with E-state index in [2.05, 4.69) is 12.1 Å². The minimum absolute atomic E-state index is 0.0938. The first kappa shape index (κ1) is 11.9. The van der Waals surface area contributed by atoms with Crippen molar-refractivity contribution in [2.75, 3.05) is 6.54 Å². The van der Waals surface area contributed by atoms with Gasteiger partial charge in [-0.15, -0.1) is 11.3 Å². The Balaban J connectivity index is 1.90. The summed E-state index contributed by atoms with van der Waals surface area (Å²) < 4.78 is 1.12.